The number of carbonyl (C=O) groups is 1. The van der Waals surface area contributed by atoms with Crippen LogP contribution in [-0.4, -0.2) is 21.0 Å². The summed E-state index contributed by atoms with van der Waals surface area (Å²) in [5.41, 5.74) is 0. The Morgan fingerprint density at radius 3 is 2.91 bits per heavy atom. The van der Waals surface area contributed by atoms with Gasteiger partial charge in [0.15, 0.2) is 5.09 Å². The van der Waals surface area contributed by atoms with Gasteiger partial charge in [0.2, 0.25) is 0 Å². The predicted octanol–water partition coefficient (Wildman–Crippen LogP) is 0.472. The van der Waals surface area contributed by atoms with E-state index in [1.807, 2.05) is 0 Å². The van der Waals surface area contributed by atoms with Crippen molar-refractivity contribution in [1.82, 2.24) is 0 Å². The van der Waals surface area contributed by atoms with Crippen molar-refractivity contribution < 1.29 is 18.5 Å². The molecule has 1 heterocycles. The Kier molecular flexibility index (Phi) is 2.43. The third kappa shape index (κ3) is 2.19. The third-order valence-electron chi connectivity index (χ3n) is 0.974. The summed E-state index contributed by atoms with van der Waals surface area (Å²) in [6.45, 7) is 0. The lowest BCUT2D eigenvalue weighted by molar-refractivity contribution is -0.134. The summed E-state index contributed by atoms with van der Waals surface area (Å²) in [5, 5.41) is 8.45. The highest BCUT2D eigenvalue weighted by Crippen LogP contribution is 2.05. The van der Waals surface area contributed by atoms with E-state index in [1.54, 1.807) is 6.07 Å². The molecule has 0 aliphatic heterocycles. The Bertz CT molecular complexity index is 264. The minimum atomic E-state index is -1.55. The van der Waals surface area contributed by atoms with Gasteiger partial charge in [-0.05, 0) is 12.1 Å². The molecule has 11 heavy (non-hydrogen) atoms. The molecule has 1 atom stereocenters. The van der Waals surface area contributed by atoms with Gasteiger partial charge >= 0.3 is 5.97 Å². The van der Waals surface area contributed by atoms with E-state index in [1.165, 1.54) is 12.3 Å². The van der Waals surface area contributed by atoms with E-state index in [0.29, 0.717) is 0 Å². The molecule has 0 radical (unpaired) electrons. The average molecular weight is 174 g/mol. The second-order valence-electron chi connectivity index (χ2n) is 1.82. The van der Waals surface area contributed by atoms with E-state index < -0.39 is 22.5 Å². The Hall–Kier alpha value is -1.10. The molecule has 0 aromatic carbocycles. The number of rotatable bonds is 3. The molecule has 1 aromatic heterocycles. The lowest BCUT2D eigenvalue weighted by atomic mass is 10.7. The molecular formula is C6H6O4S. The molecule has 1 N–H and O–H groups in total. The molecule has 1 unspecified atom stereocenters. The third-order valence-corrected chi connectivity index (χ3v) is 2.16. The van der Waals surface area contributed by atoms with Crippen LogP contribution in [0.3, 0.4) is 0 Å². The van der Waals surface area contributed by atoms with Crippen molar-refractivity contribution in [3.63, 3.8) is 0 Å². The first kappa shape index (κ1) is 8.00. The van der Waals surface area contributed by atoms with Crippen LogP contribution in [0.15, 0.2) is 27.9 Å². The molecule has 1 aromatic rings. The van der Waals surface area contributed by atoms with Gasteiger partial charge in [-0.25, -0.2) is 0 Å². The monoisotopic (exact) mass is 174 g/mol. The quantitative estimate of drug-likeness (QED) is 0.723. The molecule has 0 spiro atoms. The second-order valence-corrected chi connectivity index (χ2v) is 3.20. The fourth-order valence-corrected chi connectivity index (χ4v) is 1.34. The number of aliphatic carboxylic acids is 1. The Morgan fingerprint density at radius 1 is 1.73 bits per heavy atom. The number of carboxylic acid groups (broad SMARTS) is 1. The van der Waals surface area contributed by atoms with Crippen molar-refractivity contribution in [3.05, 3.63) is 18.4 Å². The van der Waals surface area contributed by atoms with Gasteiger partial charge in [-0.15, -0.1) is 0 Å². The molecule has 0 amide bonds. The van der Waals surface area contributed by atoms with Crippen molar-refractivity contribution in [1.29, 1.82) is 0 Å². The first-order valence-corrected chi connectivity index (χ1v) is 4.15. The minimum Gasteiger partial charge on any atom is -0.481 e. The molecule has 0 fully saturated rings. The van der Waals surface area contributed by atoms with Gasteiger partial charge in [-0.3, -0.25) is 9.00 Å². The van der Waals surface area contributed by atoms with E-state index in [2.05, 4.69) is 0 Å². The summed E-state index contributed by atoms with van der Waals surface area (Å²) in [6, 6.07) is 3.05. The zero-order valence-corrected chi connectivity index (χ0v) is 6.34. The molecule has 1 rings (SSSR count). The van der Waals surface area contributed by atoms with Crippen LogP contribution in [0, 0.1) is 0 Å². The summed E-state index contributed by atoms with van der Waals surface area (Å²) in [4.78, 5) is 10.1. The fraction of sp³-hybridized carbons (Fsp3) is 0.167. The van der Waals surface area contributed by atoms with E-state index >= 15 is 0 Å². The Labute approximate surface area is 65.3 Å². The smallest absolute Gasteiger partial charge is 0.316 e. The van der Waals surface area contributed by atoms with E-state index in [-0.39, 0.29) is 5.09 Å². The summed E-state index contributed by atoms with van der Waals surface area (Å²) < 4.78 is 15.7. The van der Waals surface area contributed by atoms with Crippen molar-refractivity contribution in [2.75, 3.05) is 5.75 Å². The van der Waals surface area contributed by atoms with Crippen LogP contribution in [-0.2, 0) is 15.6 Å². The number of furan rings is 1. The van der Waals surface area contributed by atoms with E-state index in [0.717, 1.165) is 0 Å². The zero-order valence-electron chi connectivity index (χ0n) is 5.52. The van der Waals surface area contributed by atoms with Crippen LogP contribution in [0.1, 0.15) is 0 Å². The number of hydrogen-bond acceptors (Lipinski definition) is 3. The van der Waals surface area contributed by atoms with E-state index in [4.69, 9.17) is 9.52 Å². The minimum absolute atomic E-state index is 0.201. The topological polar surface area (TPSA) is 67.5 Å². The average Bonchev–Trinajstić information content (AvgIpc) is 2.35. The van der Waals surface area contributed by atoms with Gasteiger partial charge in [0.25, 0.3) is 0 Å². The molecule has 60 valence electrons. The molecule has 0 bridgehead atoms. The maximum atomic E-state index is 11.0. The van der Waals surface area contributed by atoms with Crippen molar-refractivity contribution >= 4 is 16.8 Å². The largest absolute Gasteiger partial charge is 0.481 e. The maximum absolute atomic E-state index is 11.0. The molecule has 5 heteroatoms. The van der Waals surface area contributed by atoms with Crippen LogP contribution < -0.4 is 0 Å². The van der Waals surface area contributed by atoms with Crippen molar-refractivity contribution in [3.8, 4) is 0 Å². The SMILES string of the molecule is O=C(O)CS(=O)c1ccco1. The lowest BCUT2D eigenvalue weighted by Gasteiger charge is -1.90. The van der Waals surface area contributed by atoms with Crippen LogP contribution in [0.5, 0.6) is 0 Å². The van der Waals surface area contributed by atoms with E-state index in [9.17, 15) is 9.00 Å². The van der Waals surface area contributed by atoms with Gasteiger partial charge in [0.1, 0.15) is 16.6 Å². The highest BCUT2D eigenvalue weighted by Gasteiger charge is 2.10. The molecule has 0 aliphatic rings. The summed E-state index contributed by atoms with van der Waals surface area (Å²) in [6.07, 6.45) is 1.36. The number of hydrogen-bond donors (Lipinski definition) is 1. The first-order valence-electron chi connectivity index (χ1n) is 2.84. The Morgan fingerprint density at radius 2 is 2.45 bits per heavy atom. The van der Waals surface area contributed by atoms with Crippen LogP contribution >= 0.6 is 0 Å². The van der Waals surface area contributed by atoms with Gasteiger partial charge in [-0.1, -0.05) is 0 Å². The standard InChI is InChI=1S/C6H6O4S/c7-5(8)4-11(9)6-2-1-3-10-6/h1-3H,4H2,(H,7,8). The number of carboxylic acids is 1. The normalized spacial score (nSPS) is 12.7. The summed E-state index contributed by atoms with van der Waals surface area (Å²) in [5.74, 6) is -1.51. The molecule has 4 nitrogen and oxygen atoms in total. The summed E-state index contributed by atoms with van der Waals surface area (Å²) in [7, 11) is -1.55. The van der Waals surface area contributed by atoms with Crippen LogP contribution in [0.2, 0.25) is 0 Å². The van der Waals surface area contributed by atoms with Crippen LogP contribution in [0.4, 0.5) is 0 Å². The van der Waals surface area contributed by atoms with Gasteiger partial charge in [0, 0.05) is 0 Å². The molecule has 0 saturated carbocycles. The predicted molar refractivity (Wildman–Crippen MR) is 37.6 cm³/mol. The highest BCUT2D eigenvalue weighted by molar-refractivity contribution is 7.85. The van der Waals surface area contributed by atoms with Gasteiger partial charge in [0.05, 0.1) is 6.26 Å². The molecule has 0 saturated heterocycles. The second kappa shape index (κ2) is 3.34. The highest BCUT2D eigenvalue weighted by atomic mass is 32.2. The lowest BCUT2D eigenvalue weighted by Crippen LogP contribution is -2.08. The van der Waals surface area contributed by atoms with Gasteiger partial charge in [-0.2, -0.15) is 0 Å². The van der Waals surface area contributed by atoms with Crippen molar-refractivity contribution in [2.45, 2.75) is 5.09 Å². The first-order chi connectivity index (χ1) is 5.20. The molecular weight excluding hydrogens is 168 g/mol. The van der Waals surface area contributed by atoms with Gasteiger partial charge < -0.3 is 9.52 Å². The Balaban J connectivity index is 2.64. The van der Waals surface area contributed by atoms with Crippen LogP contribution in [0.25, 0.3) is 0 Å². The zero-order chi connectivity index (χ0) is 8.27. The molecule has 0 aliphatic carbocycles. The fourth-order valence-electron chi connectivity index (χ4n) is 0.576. The van der Waals surface area contributed by atoms with Crippen molar-refractivity contribution in [2.24, 2.45) is 0 Å². The maximum Gasteiger partial charge on any atom is 0.316 e. The summed E-state index contributed by atoms with van der Waals surface area (Å²) >= 11 is 0.